The number of anilines is 2. The SMILES string of the molecule is CCCCN(CC)c1cc(C)c(N)cn1. The highest BCUT2D eigenvalue weighted by Gasteiger charge is 2.05. The molecule has 0 radical (unpaired) electrons. The van der Waals surface area contributed by atoms with E-state index < -0.39 is 0 Å². The Hall–Kier alpha value is -1.25. The van der Waals surface area contributed by atoms with Crippen LogP contribution in [0.2, 0.25) is 0 Å². The van der Waals surface area contributed by atoms with E-state index in [4.69, 9.17) is 5.73 Å². The molecule has 0 fully saturated rings. The molecule has 15 heavy (non-hydrogen) atoms. The van der Waals surface area contributed by atoms with E-state index >= 15 is 0 Å². The molecule has 2 N–H and O–H groups in total. The van der Waals surface area contributed by atoms with Crippen LogP contribution in [0.3, 0.4) is 0 Å². The molecule has 1 aromatic heterocycles. The van der Waals surface area contributed by atoms with Crippen molar-refractivity contribution in [2.24, 2.45) is 0 Å². The molecule has 1 rings (SSSR count). The van der Waals surface area contributed by atoms with Gasteiger partial charge in [0.2, 0.25) is 0 Å². The number of nitrogens with two attached hydrogens (primary N) is 1. The molecule has 0 saturated heterocycles. The summed E-state index contributed by atoms with van der Waals surface area (Å²) >= 11 is 0. The fourth-order valence-corrected chi connectivity index (χ4v) is 1.51. The summed E-state index contributed by atoms with van der Waals surface area (Å²) in [5.74, 6) is 1.04. The Balaban J connectivity index is 2.78. The third kappa shape index (κ3) is 3.11. The Morgan fingerprint density at radius 1 is 1.40 bits per heavy atom. The van der Waals surface area contributed by atoms with Crippen molar-refractivity contribution >= 4 is 11.5 Å². The van der Waals surface area contributed by atoms with Gasteiger partial charge < -0.3 is 10.6 Å². The molecule has 0 saturated carbocycles. The normalized spacial score (nSPS) is 10.3. The highest BCUT2D eigenvalue weighted by molar-refractivity contribution is 5.52. The fourth-order valence-electron chi connectivity index (χ4n) is 1.51. The largest absolute Gasteiger partial charge is 0.397 e. The van der Waals surface area contributed by atoms with Crippen molar-refractivity contribution < 1.29 is 0 Å². The molecule has 0 bridgehead atoms. The van der Waals surface area contributed by atoms with Crippen molar-refractivity contribution in [1.82, 2.24) is 4.98 Å². The molecule has 1 aromatic rings. The highest BCUT2D eigenvalue weighted by atomic mass is 15.2. The number of hydrogen-bond donors (Lipinski definition) is 1. The number of aryl methyl sites for hydroxylation is 1. The first-order valence-corrected chi connectivity index (χ1v) is 5.66. The maximum absolute atomic E-state index is 5.75. The Kier molecular flexibility index (Phi) is 4.40. The molecule has 0 aliphatic rings. The van der Waals surface area contributed by atoms with Crippen molar-refractivity contribution in [1.29, 1.82) is 0 Å². The summed E-state index contributed by atoms with van der Waals surface area (Å²) in [5, 5.41) is 0. The van der Waals surface area contributed by atoms with Crippen molar-refractivity contribution in [2.45, 2.75) is 33.6 Å². The van der Waals surface area contributed by atoms with Gasteiger partial charge in [0.1, 0.15) is 5.82 Å². The van der Waals surface area contributed by atoms with Crippen LogP contribution in [0, 0.1) is 6.92 Å². The van der Waals surface area contributed by atoms with Crippen molar-refractivity contribution in [3.8, 4) is 0 Å². The Morgan fingerprint density at radius 3 is 2.67 bits per heavy atom. The molecule has 1 heterocycles. The molecular weight excluding hydrogens is 186 g/mol. The van der Waals surface area contributed by atoms with E-state index in [1.165, 1.54) is 12.8 Å². The standard InChI is InChI=1S/C12H21N3/c1-4-6-7-15(5-2)12-8-10(3)11(13)9-14-12/h8-9H,4-7,13H2,1-3H3. The smallest absolute Gasteiger partial charge is 0.128 e. The van der Waals surface area contributed by atoms with Crippen LogP contribution in [-0.2, 0) is 0 Å². The highest BCUT2D eigenvalue weighted by Crippen LogP contribution is 2.17. The zero-order valence-electron chi connectivity index (χ0n) is 9.95. The lowest BCUT2D eigenvalue weighted by Gasteiger charge is -2.22. The maximum atomic E-state index is 5.75. The monoisotopic (exact) mass is 207 g/mol. The first kappa shape index (κ1) is 11.8. The minimum atomic E-state index is 0.769. The third-order valence-corrected chi connectivity index (χ3v) is 2.62. The predicted octanol–water partition coefficient (Wildman–Crippen LogP) is 2.60. The lowest BCUT2D eigenvalue weighted by Crippen LogP contribution is -2.24. The van der Waals surface area contributed by atoms with Crippen LogP contribution in [-0.4, -0.2) is 18.1 Å². The van der Waals surface area contributed by atoms with Gasteiger partial charge in [0.15, 0.2) is 0 Å². The van der Waals surface area contributed by atoms with Crippen molar-refractivity contribution in [3.05, 3.63) is 17.8 Å². The summed E-state index contributed by atoms with van der Waals surface area (Å²) in [6.45, 7) is 8.45. The molecule has 0 amide bonds. The quantitative estimate of drug-likeness (QED) is 0.807. The van der Waals surface area contributed by atoms with Gasteiger partial charge in [0.05, 0.1) is 11.9 Å². The summed E-state index contributed by atoms with van der Waals surface area (Å²) in [6.07, 6.45) is 4.17. The zero-order chi connectivity index (χ0) is 11.3. The predicted molar refractivity (Wildman–Crippen MR) is 66.2 cm³/mol. The van der Waals surface area contributed by atoms with E-state index in [9.17, 15) is 0 Å². The van der Waals surface area contributed by atoms with E-state index in [0.29, 0.717) is 0 Å². The number of hydrogen-bond acceptors (Lipinski definition) is 3. The Labute approximate surface area is 92.3 Å². The number of aromatic nitrogens is 1. The molecule has 0 unspecified atom stereocenters. The first-order chi connectivity index (χ1) is 7.19. The number of unbranched alkanes of at least 4 members (excludes halogenated alkanes) is 1. The van der Waals surface area contributed by atoms with Gasteiger partial charge >= 0.3 is 0 Å². The van der Waals surface area contributed by atoms with Crippen LogP contribution in [0.1, 0.15) is 32.3 Å². The minimum absolute atomic E-state index is 0.769. The Bertz CT molecular complexity index is 310. The van der Waals surface area contributed by atoms with Crippen LogP contribution >= 0.6 is 0 Å². The number of nitrogen functional groups attached to an aromatic ring is 1. The van der Waals surface area contributed by atoms with Gasteiger partial charge in [-0.3, -0.25) is 0 Å². The van der Waals surface area contributed by atoms with Crippen LogP contribution in [0.15, 0.2) is 12.3 Å². The molecular formula is C12H21N3. The summed E-state index contributed by atoms with van der Waals surface area (Å²) in [7, 11) is 0. The second-order valence-electron chi connectivity index (χ2n) is 3.83. The van der Waals surface area contributed by atoms with E-state index in [1.807, 2.05) is 6.92 Å². The molecule has 3 nitrogen and oxygen atoms in total. The van der Waals surface area contributed by atoms with Crippen molar-refractivity contribution in [3.63, 3.8) is 0 Å². The van der Waals surface area contributed by atoms with Crippen LogP contribution in [0.5, 0.6) is 0 Å². The average molecular weight is 207 g/mol. The number of rotatable bonds is 5. The first-order valence-electron chi connectivity index (χ1n) is 5.66. The lowest BCUT2D eigenvalue weighted by atomic mass is 10.2. The number of nitrogens with zero attached hydrogens (tertiary/aromatic N) is 2. The second-order valence-corrected chi connectivity index (χ2v) is 3.83. The van der Waals surface area contributed by atoms with Crippen LogP contribution in [0.25, 0.3) is 0 Å². The molecule has 0 spiro atoms. The summed E-state index contributed by atoms with van der Waals surface area (Å²) < 4.78 is 0. The van der Waals surface area contributed by atoms with Crippen molar-refractivity contribution in [2.75, 3.05) is 23.7 Å². The van der Waals surface area contributed by atoms with Gasteiger partial charge in [-0.15, -0.1) is 0 Å². The van der Waals surface area contributed by atoms with Gasteiger partial charge in [-0.1, -0.05) is 13.3 Å². The van der Waals surface area contributed by atoms with Gasteiger partial charge in [-0.2, -0.15) is 0 Å². The average Bonchev–Trinajstić information content (AvgIpc) is 2.24. The third-order valence-electron chi connectivity index (χ3n) is 2.62. The zero-order valence-corrected chi connectivity index (χ0v) is 9.95. The molecule has 84 valence electrons. The lowest BCUT2D eigenvalue weighted by molar-refractivity contribution is 0.724. The van der Waals surface area contributed by atoms with E-state index in [2.05, 4.69) is 29.8 Å². The fraction of sp³-hybridized carbons (Fsp3) is 0.583. The van der Waals surface area contributed by atoms with Gasteiger partial charge in [-0.05, 0) is 31.9 Å². The van der Waals surface area contributed by atoms with Crippen LogP contribution in [0.4, 0.5) is 11.5 Å². The Morgan fingerprint density at radius 2 is 2.13 bits per heavy atom. The van der Waals surface area contributed by atoms with E-state index in [0.717, 1.165) is 30.2 Å². The topological polar surface area (TPSA) is 42.1 Å². The van der Waals surface area contributed by atoms with Gasteiger partial charge in [0.25, 0.3) is 0 Å². The van der Waals surface area contributed by atoms with Gasteiger partial charge in [-0.25, -0.2) is 4.98 Å². The summed E-state index contributed by atoms with van der Waals surface area (Å²) in [4.78, 5) is 6.65. The number of pyridine rings is 1. The molecule has 3 heteroatoms. The summed E-state index contributed by atoms with van der Waals surface area (Å²) in [6, 6.07) is 2.06. The second kappa shape index (κ2) is 5.59. The minimum Gasteiger partial charge on any atom is -0.397 e. The van der Waals surface area contributed by atoms with E-state index in [-0.39, 0.29) is 0 Å². The molecule has 0 aliphatic carbocycles. The van der Waals surface area contributed by atoms with Crippen LogP contribution < -0.4 is 10.6 Å². The molecule has 0 aromatic carbocycles. The van der Waals surface area contributed by atoms with Gasteiger partial charge in [0, 0.05) is 13.1 Å². The molecule has 0 atom stereocenters. The van der Waals surface area contributed by atoms with E-state index in [1.54, 1.807) is 6.20 Å². The summed E-state index contributed by atoms with van der Waals surface area (Å²) in [5.41, 5.74) is 7.62. The molecule has 0 aliphatic heterocycles. The maximum Gasteiger partial charge on any atom is 0.128 e.